The lowest BCUT2D eigenvalue weighted by molar-refractivity contribution is -0.192. The van der Waals surface area contributed by atoms with Crippen LogP contribution in [0, 0.1) is 0 Å². The molecule has 0 unspecified atom stereocenters. The van der Waals surface area contributed by atoms with E-state index in [0.717, 1.165) is 12.8 Å². The van der Waals surface area contributed by atoms with Crippen LogP contribution in [0.3, 0.4) is 0 Å². The van der Waals surface area contributed by atoms with Crippen molar-refractivity contribution in [3.63, 3.8) is 0 Å². The van der Waals surface area contributed by atoms with E-state index >= 15 is 0 Å². The molecule has 1 amide bonds. The molecule has 1 fully saturated rings. The fourth-order valence-corrected chi connectivity index (χ4v) is 2.43. The molecule has 18 heavy (non-hydrogen) atoms. The summed E-state index contributed by atoms with van der Waals surface area (Å²) in [7, 11) is 1.53. The predicted molar refractivity (Wildman–Crippen MR) is 69.6 cm³/mol. The van der Waals surface area contributed by atoms with E-state index in [-0.39, 0.29) is 11.9 Å². The Hall–Kier alpha value is -1.39. The van der Waals surface area contributed by atoms with Gasteiger partial charge in [-0.2, -0.15) is 0 Å². The van der Waals surface area contributed by atoms with E-state index in [1.54, 1.807) is 0 Å². The van der Waals surface area contributed by atoms with Gasteiger partial charge >= 0.3 is 0 Å². The third-order valence-corrected chi connectivity index (χ3v) is 3.28. The number of aryl methyl sites for hydroxylation is 1. The van der Waals surface area contributed by atoms with Gasteiger partial charge in [-0.15, -0.1) is 0 Å². The second-order valence-corrected chi connectivity index (χ2v) is 5.10. The Kier molecular flexibility index (Phi) is 3.68. The molecule has 0 radical (unpaired) electrons. The Balaban J connectivity index is 1.97. The number of amides is 1. The number of rotatable bonds is 4. The molecular formula is C14H20N2O2. The van der Waals surface area contributed by atoms with Gasteiger partial charge in [0.2, 0.25) is 0 Å². The number of nitrogens with one attached hydrogen (secondary N) is 1. The van der Waals surface area contributed by atoms with Crippen LogP contribution in [0.2, 0.25) is 0 Å². The Labute approximate surface area is 108 Å². The maximum absolute atomic E-state index is 12.1. The average molecular weight is 248 g/mol. The minimum atomic E-state index is -0.437. The Morgan fingerprint density at radius 3 is 2.56 bits per heavy atom. The monoisotopic (exact) mass is 248 g/mol. The van der Waals surface area contributed by atoms with E-state index in [1.807, 2.05) is 32.0 Å². The molecule has 0 saturated carbocycles. The molecule has 0 aliphatic carbocycles. The summed E-state index contributed by atoms with van der Waals surface area (Å²) in [6.45, 7) is 3.88. The molecule has 1 aliphatic heterocycles. The van der Waals surface area contributed by atoms with Crippen molar-refractivity contribution in [3.8, 4) is 0 Å². The average Bonchev–Trinajstić information content (AvgIpc) is 2.57. The smallest absolute Gasteiger partial charge is 0.265 e. The normalized spacial score (nSPS) is 22.5. The number of benzene rings is 1. The zero-order valence-corrected chi connectivity index (χ0v) is 11.1. The fourth-order valence-electron chi connectivity index (χ4n) is 2.43. The third kappa shape index (κ3) is 2.54. The molecule has 2 rings (SSSR count). The van der Waals surface area contributed by atoms with Gasteiger partial charge in [0.05, 0.1) is 13.2 Å². The summed E-state index contributed by atoms with van der Waals surface area (Å²) < 4.78 is 0. The van der Waals surface area contributed by atoms with E-state index < -0.39 is 5.66 Å². The zero-order chi connectivity index (χ0) is 13.2. The van der Waals surface area contributed by atoms with E-state index in [9.17, 15) is 4.79 Å². The molecule has 1 aromatic carbocycles. The number of hydrogen-bond donors (Lipinski definition) is 1. The van der Waals surface area contributed by atoms with E-state index in [1.165, 1.54) is 17.7 Å². The van der Waals surface area contributed by atoms with Crippen molar-refractivity contribution in [3.05, 3.63) is 35.9 Å². The van der Waals surface area contributed by atoms with Crippen LogP contribution < -0.4 is 5.32 Å². The number of hydrogen-bond acceptors (Lipinski definition) is 3. The van der Waals surface area contributed by atoms with Crippen molar-refractivity contribution < 1.29 is 9.63 Å². The first kappa shape index (κ1) is 13.1. The lowest BCUT2D eigenvalue weighted by Gasteiger charge is -2.28. The van der Waals surface area contributed by atoms with Crippen LogP contribution in [0.4, 0.5) is 0 Å². The van der Waals surface area contributed by atoms with Crippen LogP contribution in [0.5, 0.6) is 0 Å². The standard InChI is InChI=1S/C14H20N2O2/c1-14(2)15-12(13(17)16(14)18-3)10-9-11-7-5-4-6-8-11/h4-8,12,15H,9-10H2,1-3H3/t12-/m0/s1. The summed E-state index contributed by atoms with van der Waals surface area (Å²) in [5.74, 6) is 0.0124. The van der Waals surface area contributed by atoms with Gasteiger partial charge in [-0.05, 0) is 32.3 Å². The highest BCUT2D eigenvalue weighted by Crippen LogP contribution is 2.23. The molecule has 0 spiro atoms. The summed E-state index contributed by atoms with van der Waals surface area (Å²) >= 11 is 0. The van der Waals surface area contributed by atoms with Crippen molar-refractivity contribution >= 4 is 5.91 Å². The highest BCUT2D eigenvalue weighted by molar-refractivity contribution is 5.84. The van der Waals surface area contributed by atoms with Crippen LogP contribution in [-0.2, 0) is 16.1 Å². The first-order valence-electron chi connectivity index (χ1n) is 6.24. The summed E-state index contributed by atoms with van der Waals surface area (Å²) in [6.07, 6.45) is 1.67. The van der Waals surface area contributed by atoms with Gasteiger partial charge in [0, 0.05) is 0 Å². The molecule has 1 heterocycles. The lowest BCUT2D eigenvalue weighted by Crippen LogP contribution is -2.46. The summed E-state index contributed by atoms with van der Waals surface area (Å²) in [5.41, 5.74) is 0.813. The number of carbonyl (C=O) groups excluding carboxylic acids is 1. The van der Waals surface area contributed by atoms with Crippen LogP contribution >= 0.6 is 0 Å². The van der Waals surface area contributed by atoms with Crippen LogP contribution in [0.1, 0.15) is 25.8 Å². The first-order valence-corrected chi connectivity index (χ1v) is 6.24. The molecule has 0 aromatic heterocycles. The summed E-state index contributed by atoms with van der Waals surface area (Å²) in [4.78, 5) is 17.3. The van der Waals surface area contributed by atoms with Crippen molar-refractivity contribution in [2.45, 2.75) is 38.4 Å². The molecule has 1 aliphatic rings. The minimum absolute atomic E-state index is 0.0124. The van der Waals surface area contributed by atoms with Gasteiger partial charge in [0.1, 0.15) is 5.66 Å². The Bertz CT molecular complexity index is 417. The SMILES string of the molecule is CON1C(=O)[C@H](CCc2ccccc2)NC1(C)C. The van der Waals surface area contributed by atoms with Crippen LogP contribution in [0.15, 0.2) is 30.3 Å². The molecule has 1 aromatic rings. The largest absolute Gasteiger partial charge is 0.282 e. The maximum Gasteiger partial charge on any atom is 0.265 e. The molecule has 1 saturated heterocycles. The van der Waals surface area contributed by atoms with Crippen molar-refractivity contribution in [2.75, 3.05) is 7.11 Å². The molecule has 4 heteroatoms. The van der Waals surface area contributed by atoms with Crippen LogP contribution in [0.25, 0.3) is 0 Å². The second-order valence-electron chi connectivity index (χ2n) is 5.10. The molecule has 0 bridgehead atoms. The van der Waals surface area contributed by atoms with Crippen molar-refractivity contribution in [1.29, 1.82) is 0 Å². The summed E-state index contributed by atoms with van der Waals surface area (Å²) in [6, 6.07) is 10.0. The Morgan fingerprint density at radius 1 is 1.33 bits per heavy atom. The van der Waals surface area contributed by atoms with Crippen molar-refractivity contribution in [1.82, 2.24) is 10.4 Å². The molecule has 1 N–H and O–H groups in total. The Morgan fingerprint density at radius 2 is 2.00 bits per heavy atom. The van der Waals surface area contributed by atoms with Gasteiger partial charge in [-0.3, -0.25) is 14.9 Å². The number of carbonyl (C=O) groups is 1. The summed E-state index contributed by atoms with van der Waals surface area (Å²) in [5, 5.41) is 4.72. The minimum Gasteiger partial charge on any atom is -0.282 e. The zero-order valence-electron chi connectivity index (χ0n) is 11.1. The van der Waals surface area contributed by atoms with Gasteiger partial charge in [-0.1, -0.05) is 30.3 Å². The third-order valence-electron chi connectivity index (χ3n) is 3.28. The van der Waals surface area contributed by atoms with Gasteiger partial charge in [0.15, 0.2) is 0 Å². The van der Waals surface area contributed by atoms with Gasteiger partial charge < -0.3 is 0 Å². The van der Waals surface area contributed by atoms with Crippen molar-refractivity contribution in [2.24, 2.45) is 0 Å². The predicted octanol–water partition coefficient (Wildman–Crippen LogP) is 1.72. The number of nitrogens with zero attached hydrogens (tertiary/aromatic N) is 1. The number of hydroxylamine groups is 2. The maximum atomic E-state index is 12.1. The highest BCUT2D eigenvalue weighted by atomic mass is 16.7. The van der Waals surface area contributed by atoms with Gasteiger partial charge in [-0.25, -0.2) is 5.06 Å². The lowest BCUT2D eigenvalue weighted by atomic mass is 10.1. The van der Waals surface area contributed by atoms with E-state index in [2.05, 4.69) is 17.4 Å². The first-order chi connectivity index (χ1) is 8.54. The topological polar surface area (TPSA) is 41.6 Å². The van der Waals surface area contributed by atoms with E-state index in [4.69, 9.17) is 4.84 Å². The van der Waals surface area contributed by atoms with Crippen LogP contribution in [-0.4, -0.2) is 29.8 Å². The van der Waals surface area contributed by atoms with Gasteiger partial charge in [0.25, 0.3) is 5.91 Å². The fraction of sp³-hybridized carbons (Fsp3) is 0.500. The van der Waals surface area contributed by atoms with E-state index in [0.29, 0.717) is 0 Å². The molecular weight excluding hydrogens is 228 g/mol. The quantitative estimate of drug-likeness (QED) is 0.882. The second kappa shape index (κ2) is 5.08. The molecule has 98 valence electrons. The molecule has 4 nitrogen and oxygen atoms in total. The molecule has 1 atom stereocenters. The highest BCUT2D eigenvalue weighted by Gasteiger charge is 2.44.